The van der Waals surface area contributed by atoms with Gasteiger partial charge in [0.25, 0.3) is 0 Å². The molecular weight excluding hydrogens is 190 g/mol. The molecule has 0 aromatic carbocycles. The van der Waals surface area contributed by atoms with Gasteiger partial charge in [-0.1, -0.05) is 32.6 Å². The van der Waals surface area contributed by atoms with E-state index in [0.717, 1.165) is 12.8 Å². The van der Waals surface area contributed by atoms with Crippen molar-refractivity contribution < 1.29 is 9.90 Å². The molecule has 0 aromatic heterocycles. The summed E-state index contributed by atoms with van der Waals surface area (Å²) in [7, 11) is 1.98. The van der Waals surface area contributed by atoms with Crippen molar-refractivity contribution in [2.75, 3.05) is 7.05 Å². The number of hydrogen-bond acceptors (Lipinski definition) is 2. The third-order valence-corrected chi connectivity index (χ3v) is 3.49. The molecule has 0 heterocycles. The fourth-order valence-electron chi connectivity index (χ4n) is 2.52. The Morgan fingerprint density at radius 1 is 1.40 bits per heavy atom. The summed E-state index contributed by atoms with van der Waals surface area (Å²) in [4.78, 5) is 13.2. The Balaban J connectivity index is 2.53. The molecule has 1 atom stereocenters. The van der Waals surface area contributed by atoms with Gasteiger partial charge in [-0.25, -0.2) is 0 Å². The van der Waals surface area contributed by atoms with Crippen molar-refractivity contribution in [2.45, 2.75) is 64.0 Å². The molecule has 3 nitrogen and oxygen atoms in total. The highest BCUT2D eigenvalue weighted by molar-refractivity contribution is 5.73. The number of carbonyl (C=O) groups is 1. The van der Waals surface area contributed by atoms with Crippen LogP contribution in [0.2, 0.25) is 0 Å². The monoisotopic (exact) mass is 213 g/mol. The number of aliphatic carboxylic acids is 1. The van der Waals surface area contributed by atoms with E-state index in [4.69, 9.17) is 5.11 Å². The summed E-state index contributed by atoms with van der Waals surface area (Å²) < 4.78 is 0. The lowest BCUT2D eigenvalue weighted by atomic mass is 9.93. The normalized spacial score (nSPS) is 20.5. The zero-order valence-electron chi connectivity index (χ0n) is 9.91. The maximum absolute atomic E-state index is 11.1. The molecule has 3 heteroatoms. The third kappa shape index (κ3) is 3.49. The first kappa shape index (κ1) is 12.5. The molecule has 88 valence electrons. The molecule has 1 unspecified atom stereocenters. The highest BCUT2D eigenvalue weighted by Gasteiger charge is 2.28. The van der Waals surface area contributed by atoms with E-state index < -0.39 is 5.97 Å². The van der Waals surface area contributed by atoms with Crippen LogP contribution in [0.1, 0.15) is 51.9 Å². The fourth-order valence-corrected chi connectivity index (χ4v) is 2.52. The zero-order chi connectivity index (χ0) is 11.3. The number of carboxylic acid groups (broad SMARTS) is 1. The summed E-state index contributed by atoms with van der Waals surface area (Å²) in [6, 6.07) is 0.212. The molecule has 1 fully saturated rings. The largest absolute Gasteiger partial charge is 0.480 e. The van der Waals surface area contributed by atoms with Crippen molar-refractivity contribution in [3.8, 4) is 0 Å². The molecule has 0 amide bonds. The van der Waals surface area contributed by atoms with Gasteiger partial charge in [0.05, 0.1) is 0 Å². The van der Waals surface area contributed by atoms with E-state index in [1.54, 1.807) is 0 Å². The first-order valence-electron chi connectivity index (χ1n) is 6.11. The second kappa shape index (κ2) is 6.11. The van der Waals surface area contributed by atoms with Crippen LogP contribution in [0, 0.1) is 0 Å². The molecule has 0 aliphatic heterocycles. The Morgan fingerprint density at radius 3 is 2.47 bits per heavy atom. The van der Waals surface area contributed by atoms with Gasteiger partial charge in [0.15, 0.2) is 0 Å². The van der Waals surface area contributed by atoms with Crippen molar-refractivity contribution in [3.05, 3.63) is 0 Å². The van der Waals surface area contributed by atoms with Crippen molar-refractivity contribution in [3.63, 3.8) is 0 Å². The Hall–Kier alpha value is -0.570. The predicted molar refractivity (Wildman–Crippen MR) is 61.0 cm³/mol. The summed E-state index contributed by atoms with van der Waals surface area (Å²) in [5.41, 5.74) is 0. The van der Waals surface area contributed by atoms with Gasteiger partial charge >= 0.3 is 5.97 Å². The van der Waals surface area contributed by atoms with Gasteiger partial charge in [-0.15, -0.1) is 0 Å². The van der Waals surface area contributed by atoms with Crippen molar-refractivity contribution in [1.82, 2.24) is 4.90 Å². The summed E-state index contributed by atoms with van der Waals surface area (Å²) >= 11 is 0. The van der Waals surface area contributed by atoms with Crippen molar-refractivity contribution in [1.29, 1.82) is 0 Å². The fraction of sp³-hybridized carbons (Fsp3) is 0.917. The Bertz CT molecular complexity index is 200. The smallest absolute Gasteiger partial charge is 0.320 e. The number of nitrogens with zero attached hydrogens (tertiary/aromatic N) is 1. The van der Waals surface area contributed by atoms with E-state index in [1.165, 1.54) is 32.1 Å². The first-order chi connectivity index (χ1) is 7.16. The maximum atomic E-state index is 11.1. The highest BCUT2D eigenvalue weighted by atomic mass is 16.4. The van der Waals surface area contributed by atoms with Crippen LogP contribution in [0.25, 0.3) is 0 Å². The van der Waals surface area contributed by atoms with E-state index in [1.807, 2.05) is 14.0 Å². The number of likely N-dealkylation sites (N-methyl/N-ethyl adjacent to an activating group) is 1. The molecule has 1 rings (SSSR count). The second-order valence-electron chi connectivity index (χ2n) is 4.60. The molecule has 0 bridgehead atoms. The number of carboxylic acids is 1. The minimum atomic E-state index is -0.662. The minimum absolute atomic E-state index is 0.280. The van der Waals surface area contributed by atoms with Crippen LogP contribution in [-0.2, 0) is 4.79 Å². The minimum Gasteiger partial charge on any atom is -0.480 e. The average Bonchev–Trinajstić information content (AvgIpc) is 2.26. The summed E-state index contributed by atoms with van der Waals surface area (Å²) in [6.07, 6.45) is 7.88. The van der Waals surface area contributed by atoms with E-state index >= 15 is 0 Å². The summed E-state index contributed by atoms with van der Waals surface area (Å²) in [5, 5.41) is 9.16. The quantitative estimate of drug-likeness (QED) is 0.763. The lowest BCUT2D eigenvalue weighted by molar-refractivity contribution is -0.144. The second-order valence-corrected chi connectivity index (χ2v) is 4.60. The molecule has 1 N–H and O–H groups in total. The predicted octanol–water partition coefficient (Wildman–Crippen LogP) is 2.50. The highest BCUT2D eigenvalue weighted by Crippen LogP contribution is 2.24. The molecule has 1 aliphatic carbocycles. The van der Waals surface area contributed by atoms with Crippen LogP contribution in [0.15, 0.2) is 0 Å². The Labute approximate surface area is 92.5 Å². The molecule has 0 radical (unpaired) electrons. The SMILES string of the molecule is CCCC(C(=O)O)N(C)C1CCCCC1. The standard InChI is InChI=1S/C12H23NO2/c1-3-7-11(12(14)15)13(2)10-8-5-4-6-9-10/h10-11H,3-9H2,1-2H3,(H,14,15). The van der Waals surface area contributed by atoms with Crippen LogP contribution in [-0.4, -0.2) is 35.1 Å². The third-order valence-electron chi connectivity index (χ3n) is 3.49. The number of hydrogen-bond donors (Lipinski definition) is 1. The van der Waals surface area contributed by atoms with Crippen molar-refractivity contribution >= 4 is 5.97 Å². The van der Waals surface area contributed by atoms with E-state index in [2.05, 4.69) is 4.90 Å². The van der Waals surface area contributed by atoms with Crippen LogP contribution in [0.3, 0.4) is 0 Å². The van der Waals surface area contributed by atoms with E-state index in [0.29, 0.717) is 6.04 Å². The summed E-state index contributed by atoms with van der Waals surface area (Å²) in [5.74, 6) is -0.662. The molecule has 0 aromatic rings. The zero-order valence-corrected chi connectivity index (χ0v) is 9.91. The lowest BCUT2D eigenvalue weighted by Crippen LogP contribution is -2.45. The molecule has 0 spiro atoms. The van der Waals surface area contributed by atoms with Crippen LogP contribution in [0.5, 0.6) is 0 Å². The van der Waals surface area contributed by atoms with E-state index in [9.17, 15) is 4.79 Å². The van der Waals surface area contributed by atoms with Crippen LogP contribution >= 0.6 is 0 Å². The molecule has 0 saturated heterocycles. The lowest BCUT2D eigenvalue weighted by Gasteiger charge is -2.35. The van der Waals surface area contributed by atoms with Crippen LogP contribution < -0.4 is 0 Å². The average molecular weight is 213 g/mol. The van der Waals surface area contributed by atoms with Gasteiger partial charge in [0.1, 0.15) is 6.04 Å². The maximum Gasteiger partial charge on any atom is 0.320 e. The van der Waals surface area contributed by atoms with Gasteiger partial charge in [-0.3, -0.25) is 9.69 Å². The van der Waals surface area contributed by atoms with E-state index in [-0.39, 0.29) is 6.04 Å². The molecule has 1 saturated carbocycles. The number of rotatable bonds is 5. The van der Waals surface area contributed by atoms with Gasteiger partial charge in [-0.2, -0.15) is 0 Å². The topological polar surface area (TPSA) is 40.5 Å². The molecular formula is C12H23NO2. The Kier molecular flexibility index (Phi) is 5.09. The van der Waals surface area contributed by atoms with Crippen molar-refractivity contribution in [2.24, 2.45) is 0 Å². The van der Waals surface area contributed by atoms with Gasteiger partial charge in [0, 0.05) is 6.04 Å². The molecule has 15 heavy (non-hydrogen) atoms. The first-order valence-corrected chi connectivity index (χ1v) is 6.11. The summed E-state index contributed by atoms with van der Waals surface area (Å²) in [6.45, 7) is 2.05. The van der Waals surface area contributed by atoms with Crippen LogP contribution in [0.4, 0.5) is 0 Å². The molecule has 1 aliphatic rings. The van der Waals surface area contributed by atoms with Gasteiger partial charge in [-0.05, 0) is 26.3 Å². The Morgan fingerprint density at radius 2 is 2.00 bits per heavy atom. The van der Waals surface area contributed by atoms with Gasteiger partial charge in [0.2, 0.25) is 0 Å². The van der Waals surface area contributed by atoms with Gasteiger partial charge < -0.3 is 5.11 Å².